The summed E-state index contributed by atoms with van der Waals surface area (Å²) in [6, 6.07) is 3.89. The number of rotatable bonds is 11. The Morgan fingerprint density at radius 3 is 2.62 bits per heavy atom. The number of guanidine groups is 1. The Balaban J connectivity index is 0.00000529. The first kappa shape index (κ1) is 22.9. The minimum Gasteiger partial charge on any atom is -0.478 e. The quantitative estimate of drug-likeness (QED) is 0.235. The third-order valence-electron chi connectivity index (χ3n) is 2.98. The van der Waals surface area contributed by atoms with Gasteiger partial charge in [0.15, 0.2) is 5.96 Å². The SMILES string of the molecule is CCCOc1ccc(CN=C(NCC)NCCCOCC)cn1.I. The third kappa shape index (κ3) is 10.6. The van der Waals surface area contributed by atoms with E-state index in [-0.39, 0.29) is 24.0 Å². The maximum atomic E-state index is 5.48. The highest BCUT2D eigenvalue weighted by Gasteiger charge is 1.99. The monoisotopic (exact) mass is 450 g/mol. The number of nitrogens with one attached hydrogen (secondary N) is 2. The second kappa shape index (κ2) is 15.4. The Kier molecular flexibility index (Phi) is 14.7. The van der Waals surface area contributed by atoms with Gasteiger partial charge in [0.05, 0.1) is 13.2 Å². The van der Waals surface area contributed by atoms with Crippen LogP contribution in [0.25, 0.3) is 0 Å². The fraction of sp³-hybridized carbons (Fsp3) is 0.647. The number of aromatic nitrogens is 1. The number of ether oxygens (including phenoxy) is 2. The normalized spacial score (nSPS) is 10.9. The predicted octanol–water partition coefficient (Wildman–Crippen LogP) is 2.97. The summed E-state index contributed by atoms with van der Waals surface area (Å²) in [5, 5.41) is 6.54. The van der Waals surface area contributed by atoms with Gasteiger partial charge in [0.2, 0.25) is 5.88 Å². The van der Waals surface area contributed by atoms with E-state index in [1.807, 2.05) is 25.3 Å². The molecule has 0 saturated heterocycles. The Morgan fingerprint density at radius 1 is 1.17 bits per heavy atom. The predicted molar refractivity (Wildman–Crippen MR) is 109 cm³/mol. The van der Waals surface area contributed by atoms with Crippen LogP contribution in [0.4, 0.5) is 0 Å². The molecule has 0 aliphatic carbocycles. The van der Waals surface area contributed by atoms with E-state index in [9.17, 15) is 0 Å². The zero-order chi connectivity index (χ0) is 16.8. The number of hydrogen-bond donors (Lipinski definition) is 2. The van der Waals surface area contributed by atoms with Gasteiger partial charge in [-0.1, -0.05) is 13.0 Å². The van der Waals surface area contributed by atoms with E-state index in [1.54, 1.807) is 0 Å². The lowest BCUT2D eigenvalue weighted by Gasteiger charge is -2.11. The molecule has 138 valence electrons. The van der Waals surface area contributed by atoms with E-state index < -0.39 is 0 Å². The molecule has 0 aromatic carbocycles. The second-order valence-corrected chi connectivity index (χ2v) is 5.03. The molecule has 0 amide bonds. The summed E-state index contributed by atoms with van der Waals surface area (Å²) in [4.78, 5) is 8.85. The van der Waals surface area contributed by atoms with Crippen molar-refractivity contribution in [2.75, 3.05) is 32.9 Å². The highest BCUT2D eigenvalue weighted by molar-refractivity contribution is 14.0. The van der Waals surface area contributed by atoms with Crippen molar-refractivity contribution in [3.8, 4) is 5.88 Å². The van der Waals surface area contributed by atoms with Gasteiger partial charge in [0.25, 0.3) is 0 Å². The second-order valence-electron chi connectivity index (χ2n) is 5.03. The summed E-state index contributed by atoms with van der Waals surface area (Å²) in [5.74, 6) is 1.48. The number of nitrogens with zero attached hydrogens (tertiary/aromatic N) is 2. The largest absolute Gasteiger partial charge is 0.478 e. The fourth-order valence-corrected chi connectivity index (χ4v) is 1.83. The molecule has 0 unspecified atom stereocenters. The van der Waals surface area contributed by atoms with Crippen molar-refractivity contribution in [2.24, 2.45) is 4.99 Å². The lowest BCUT2D eigenvalue weighted by Crippen LogP contribution is -2.38. The molecular formula is C17H31IN4O2. The summed E-state index contributed by atoms with van der Waals surface area (Å²) in [6.07, 6.45) is 3.76. The van der Waals surface area contributed by atoms with Gasteiger partial charge in [-0.15, -0.1) is 24.0 Å². The Hall–Kier alpha value is -1.09. The van der Waals surface area contributed by atoms with Crippen LogP contribution in [0.3, 0.4) is 0 Å². The van der Waals surface area contributed by atoms with E-state index in [1.165, 1.54) is 0 Å². The van der Waals surface area contributed by atoms with E-state index >= 15 is 0 Å². The first-order chi connectivity index (χ1) is 11.3. The van der Waals surface area contributed by atoms with Crippen molar-refractivity contribution >= 4 is 29.9 Å². The van der Waals surface area contributed by atoms with Gasteiger partial charge in [0.1, 0.15) is 0 Å². The zero-order valence-electron chi connectivity index (χ0n) is 15.0. The van der Waals surface area contributed by atoms with Gasteiger partial charge in [-0.2, -0.15) is 0 Å². The van der Waals surface area contributed by atoms with Crippen LogP contribution >= 0.6 is 24.0 Å². The van der Waals surface area contributed by atoms with Gasteiger partial charge in [0, 0.05) is 38.6 Å². The van der Waals surface area contributed by atoms with E-state index in [4.69, 9.17) is 9.47 Å². The molecule has 0 radical (unpaired) electrons. The molecule has 1 aromatic heterocycles. The van der Waals surface area contributed by atoms with E-state index in [0.717, 1.165) is 50.7 Å². The summed E-state index contributed by atoms with van der Waals surface area (Å²) in [5.41, 5.74) is 1.06. The van der Waals surface area contributed by atoms with Gasteiger partial charge >= 0.3 is 0 Å². The number of pyridine rings is 1. The molecule has 0 spiro atoms. The minimum atomic E-state index is 0. The number of aliphatic imine (C=N–C) groups is 1. The zero-order valence-corrected chi connectivity index (χ0v) is 17.3. The van der Waals surface area contributed by atoms with E-state index in [0.29, 0.717) is 19.0 Å². The van der Waals surface area contributed by atoms with Crippen molar-refractivity contribution in [1.82, 2.24) is 15.6 Å². The topological polar surface area (TPSA) is 67.8 Å². The molecule has 0 aliphatic rings. The Morgan fingerprint density at radius 2 is 2.00 bits per heavy atom. The average Bonchev–Trinajstić information content (AvgIpc) is 2.58. The van der Waals surface area contributed by atoms with Gasteiger partial charge in [-0.3, -0.25) is 0 Å². The van der Waals surface area contributed by atoms with Crippen LogP contribution < -0.4 is 15.4 Å². The molecule has 1 rings (SSSR count). The third-order valence-corrected chi connectivity index (χ3v) is 2.98. The molecule has 0 fully saturated rings. The molecule has 1 aromatic rings. The van der Waals surface area contributed by atoms with Crippen molar-refractivity contribution in [3.05, 3.63) is 23.9 Å². The van der Waals surface area contributed by atoms with Crippen LogP contribution in [0, 0.1) is 0 Å². The summed E-state index contributed by atoms with van der Waals surface area (Å²) in [6.45, 7) is 10.6. The van der Waals surface area contributed by atoms with E-state index in [2.05, 4.69) is 34.5 Å². The number of halogens is 1. The van der Waals surface area contributed by atoms with Crippen molar-refractivity contribution in [1.29, 1.82) is 0 Å². The molecule has 1 heterocycles. The maximum absolute atomic E-state index is 5.48. The highest BCUT2D eigenvalue weighted by Crippen LogP contribution is 2.08. The standard InChI is InChI=1S/C17H30N4O2.HI/c1-4-11-23-16-9-8-15(13-20-16)14-21-17(18-5-2)19-10-7-12-22-6-3;/h8-9,13H,4-7,10-12,14H2,1-3H3,(H2,18,19,21);1H. The van der Waals surface area contributed by atoms with Crippen LogP contribution in [-0.4, -0.2) is 43.9 Å². The number of hydrogen-bond acceptors (Lipinski definition) is 4. The van der Waals surface area contributed by atoms with Gasteiger partial charge in [-0.05, 0) is 32.3 Å². The average molecular weight is 450 g/mol. The first-order valence-corrected chi connectivity index (χ1v) is 8.47. The van der Waals surface area contributed by atoms with Crippen molar-refractivity contribution < 1.29 is 9.47 Å². The summed E-state index contributed by atoms with van der Waals surface area (Å²) < 4.78 is 10.8. The molecule has 0 saturated carbocycles. The highest BCUT2D eigenvalue weighted by atomic mass is 127. The van der Waals surface area contributed by atoms with Crippen molar-refractivity contribution in [2.45, 2.75) is 40.2 Å². The van der Waals surface area contributed by atoms with Crippen LogP contribution in [0.5, 0.6) is 5.88 Å². The molecule has 2 N–H and O–H groups in total. The molecule has 7 heteroatoms. The van der Waals surface area contributed by atoms with Crippen LogP contribution in [0.2, 0.25) is 0 Å². The lowest BCUT2D eigenvalue weighted by molar-refractivity contribution is 0.145. The maximum Gasteiger partial charge on any atom is 0.213 e. The molecule has 0 aliphatic heterocycles. The van der Waals surface area contributed by atoms with Crippen LogP contribution in [0.1, 0.15) is 39.2 Å². The van der Waals surface area contributed by atoms with Crippen LogP contribution in [-0.2, 0) is 11.3 Å². The molecule has 0 atom stereocenters. The summed E-state index contributed by atoms with van der Waals surface area (Å²) in [7, 11) is 0. The Labute approximate surface area is 162 Å². The minimum absolute atomic E-state index is 0. The summed E-state index contributed by atoms with van der Waals surface area (Å²) >= 11 is 0. The Bertz CT molecular complexity index is 441. The first-order valence-electron chi connectivity index (χ1n) is 8.47. The van der Waals surface area contributed by atoms with Crippen molar-refractivity contribution in [3.63, 3.8) is 0 Å². The van der Waals surface area contributed by atoms with Gasteiger partial charge < -0.3 is 20.1 Å². The molecule has 24 heavy (non-hydrogen) atoms. The fourth-order valence-electron chi connectivity index (χ4n) is 1.83. The molecular weight excluding hydrogens is 419 g/mol. The smallest absolute Gasteiger partial charge is 0.213 e. The lowest BCUT2D eigenvalue weighted by atomic mass is 10.3. The molecule has 0 bridgehead atoms. The molecule has 6 nitrogen and oxygen atoms in total. The van der Waals surface area contributed by atoms with Crippen LogP contribution in [0.15, 0.2) is 23.3 Å². The van der Waals surface area contributed by atoms with Gasteiger partial charge in [-0.25, -0.2) is 9.98 Å².